The van der Waals surface area contributed by atoms with Crippen molar-refractivity contribution in [2.45, 2.75) is 13.5 Å². The van der Waals surface area contributed by atoms with Crippen molar-refractivity contribution < 1.29 is 9.59 Å². The molecule has 11 heteroatoms. The fraction of sp³-hybridized carbons (Fsp3) is 0.350. The van der Waals surface area contributed by atoms with E-state index in [9.17, 15) is 19.2 Å². The lowest BCUT2D eigenvalue weighted by molar-refractivity contribution is 0.0751. The molecule has 1 aliphatic heterocycles. The van der Waals surface area contributed by atoms with E-state index in [-0.39, 0.29) is 23.9 Å². The molecule has 162 valence electrons. The number of rotatable bonds is 4. The molecule has 10 nitrogen and oxygen atoms in total. The number of aromatic nitrogens is 3. The summed E-state index contributed by atoms with van der Waals surface area (Å²) >= 11 is 1.13. The first-order chi connectivity index (χ1) is 14.9. The number of piperazine rings is 1. The van der Waals surface area contributed by atoms with Gasteiger partial charge in [-0.1, -0.05) is 0 Å². The maximum atomic E-state index is 13.0. The van der Waals surface area contributed by atoms with Crippen molar-refractivity contribution in [3.05, 3.63) is 55.8 Å². The van der Waals surface area contributed by atoms with Crippen molar-refractivity contribution in [1.29, 1.82) is 0 Å². The summed E-state index contributed by atoms with van der Waals surface area (Å²) < 4.78 is 1.12. The quantitative estimate of drug-likeness (QED) is 0.607. The molecule has 1 saturated heterocycles. The second-order valence-electron chi connectivity index (χ2n) is 7.09. The molecule has 1 fully saturated rings. The molecule has 2 amide bonds. The lowest BCUT2D eigenvalue weighted by atomic mass is 10.2. The highest BCUT2D eigenvalue weighted by Gasteiger charge is 2.25. The number of H-pyrrole nitrogens is 1. The van der Waals surface area contributed by atoms with Crippen LogP contribution in [0.1, 0.15) is 27.1 Å². The minimum Gasteiger partial charge on any atom is -0.367 e. The Hall–Kier alpha value is -3.47. The van der Waals surface area contributed by atoms with Gasteiger partial charge in [-0.05, 0) is 25.1 Å². The fourth-order valence-corrected chi connectivity index (χ4v) is 4.60. The van der Waals surface area contributed by atoms with Crippen LogP contribution >= 0.6 is 11.3 Å². The number of carbonyl (C=O) groups excluding carboxylic acids is 2. The zero-order valence-corrected chi connectivity index (χ0v) is 18.0. The van der Waals surface area contributed by atoms with Gasteiger partial charge in [-0.15, -0.1) is 11.3 Å². The van der Waals surface area contributed by atoms with Crippen LogP contribution in [-0.2, 0) is 6.54 Å². The fourth-order valence-electron chi connectivity index (χ4n) is 3.60. The van der Waals surface area contributed by atoms with Crippen LogP contribution in [0.3, 0.4) is 0 Å². The first-order valence-electron chi connectivity index (χ1n) is 9.92. The predicted molar refractivity (Wildman–Crippen MR) is 118 cm³/mol. The van der Waals surface area contributed by atoms with Crippen LogP contribution in [-0.4, -0.2) is 64.5 Å². The van der Waals surface area contributed by atoms with Gasteiger partial charge in [-0.3, -0.25) is 23.9 Å². The number of hydrogen-bond acceptors (Lipinski definition) is 7. The Bertz CT molecular complexity index is 1250. The van der Waals surface area contributed by atoms with Crippen molar-refractivity contribution in [3.63, 3.8) is 0 Å². The van der Waals surface area contributed by atoms with E-state index in [4.69, 9.17) is 0 Å². The number of pyridine rings is 1. The second-order valence-corrected chi connectivity index (χ2v) is 8.15. The third-order valence-electron chi connectivity index (χ3n) is 5.34. The Morgan fingerprint density at radius 1 is 1.19 bits per heavy atom. The van der Waals surface area contributed by atoms with Crippen LogP contribution in [0.15, 0.2) is 34.0 Å². The molecule has 4 rings (SSSR count). The third-order valence-corrected chi connectivity index (χ3v) is 6.38. The van der Waals surface area contributed by atoms with E-state index in [2.05, 4.69) is 20.2 Å². The molecule has 0 unspecified atom stereocenters. The van der Waals surface area contributed by atoms with Gasteiger partial charge in [0, 0.05) is 39.8 Å². The maximum Gasteiger partial charge on any atom is 0.329 e. The van der Waals surface area contributed by atoms with Gasteiger partial charge < -0.3 is 15.1 Å². The van der Waals surface area contributed by atoms with E-state index in [0.29, 0.717) is 47.0 Å². The topological polar surface area (TPSA) is 120 Å². The highest BCUT2D eigenvalue weighted by molar-refractivity contribution is 7.20. The number of hydrogen-bond donors (Lipinski definition) is 2. The first kappa shape index (κ1) is 20.8. The lowest BCUT2D eigenvalue weighted by Crippen LogP contribution is -2.48. The Kier molecular flexibility index (Phi) is 5.59. The smallest absolute Gasteiger partial charge is 0.329 e. The number of carbonyl (C=O) groups is 2. The van der Waals surface area contributed by atoms with Crippen molar-refractivity contribution in [3.8, 4) is 0 Å². The van der Waals surface area contributed by atoms with Crippen molar-refractivity contribution >= 4 is 39.1 Å². The van der Waals surface area contributed by atoms with Crippen molar-refractivity contribution in [2.24, 2.45) is 0 Å². The van der Waals surface area contributed by atoms with Crippen LogP contribution in [0.25, 0.3) is 10.2 Å². The normalized spacial score (nSPS) is 14.1. The van der Waals surface area contributed by atoms with Gasteiger partial charge in [-0.2, -0.15) is 0 Å². The molecule has 0 radical (unpaired) electrons. The predicted octanol–water partition coefficient (Wildman–Crippen LogP) is 0.488. The summed E-state index contributed by atoms with van der Waals surface area (Å²) in [4.78, 5) is 60.6. The summed E-state index contributed by atoms with van der Waals surface area (Å²) in [6.45, 7) is 4.26. The average molecular weight is 443 g/mol. The van der Waals surface area contributed by atoms with Gasteiger partial charge in [0.25, 0.3) is 17.4 Å². The minimum absolute atomic E-state index is 0.155. The molecule has 2 N–H and O–H groups in total. The van der Waals surface area contributed by atoms with Crippen LogP contribution in [0.2, 0.25) is 0 Å². The second kappa shape index (κ2) is 8.34. The van der Waals surface area contributed by atoms with E-state index in [1.54, 1.807) is 37.2 Å². The Labute approximate surface area is 181 Å². The van der Waals surface area contributed by atoms with E-state index < -0.39 is 5.69 Å². The molecule has 0 aliphatic carbocycles. The molecular weight excluding hydrogens is 420 g/mol. The summed E-state index contributed by atoms with van der Waals surface area (Å²) in [5, 5.41) is 2.89. The molecule has 3 aromatic heterocycles. The molecule has 0 bridgehead atoms. The van der Waals surface area contributed by atoms with Gasteiger partial charge in [0.2, 0.25) is 0 Å². The number of thiophene rings is 1. The van der Waals surface area contributed by atoms with E-state index in [1.807, 2.05) is 6.07 Å². The van der Waals surface area contributed by atoms with Crippen LogP contribution < -0.4 is 21.5 Å². The van der Waals surface area contributed by atoms with Crippen molar-refractivity contribution in [2.75, 3.05) is 38.1 Å². The van der Waals surface area contributed by atoms with Gasteiger partial charge in [-0.25, -0.2) is 9.78 Å². The number of anilines is 1. The molecule has 0 atom stereocenters. The minimum atomic E-state index is -0.467. The molecule has 0 spiro atoms. The summed E-state index contributed by atoms with van der Waals surface area (Å²) in [6.07, 6.45) is 1.66. The number of amides is 2. The number of nitrogens with one attached hydrogen (secondary N) is 2. The molecule has 0 aromatic carbocycles. The van der Waals surface area contributed by atoms with E-state index in [1.165, 1.54) is 0 Å². The zero-order chi connectivity index (χ0) is 22.1. The highest BCUT2D eigenvalue weighted by atomic mass is 32.1. The molecule has 31 heavy (non-hydrogen) atoms. The largest absolute Gasteiger partial charge is 0.367 e. The molecular formula is C20H22N6O4S. The van der Waals surface area contributed by atoms with Crippen LogP contribution in [0.5, 0.6) is 0 Å². The van der Waals surface area contributed by atoms with E-state index >= 15 is 0 Å². The molecule has 1 aliphatic rings. The Balaban J connectivity index is 1.47. The van der Waals surface area contributed by atoms with Crippen LogP contribution in [0, 0.1) is 0 Å². The SMILES string of the molecule is CCn1c(=O)[nH]c2sc(C(=O)N3CCN(c4ccc(C(=O)NC)nc4)CC3)cc2c1=O. The summed E-state index contributed by atoms with van der Waals surface area (Å²) in [5.74, 6) is -0.394. The van der Waals surface area contributed by atoms with Crippen molar-refractivity contribution in [1.82, 2.24) is 24.8 Å². The van der Waals surface area contributed by atoms with E-state index in [0.717, 1.165) is 21.6 Å². The monoisotopic (exact) mass is 442 g/mol. The van der Waals surface area contributed by atoms with Gasteiger partial charge >= 0.3 is 5.69 Å². The molecule has 0 saturated carbocycles. The summed E-state index contributed by atoms with van der Waals surface area (Å²) in [7, 11) is 1.56. The van der Waals surface area contributed by atoms with Gasteiger partial charge in [0.1, 0.15) is 10.5 Å². The highest BCUT2D eigenvalue weighted by Crippen LogP contribution is 2.23. The number of fused-ring (bicyclic) bond motifs is 1. The molecule has 4 heterocycles. The van der Waals surface area contributed by atoms with Gasteiger partial charge in [0.05, 0.1) is 22.1 Å². The Morgan fingerprint density at radius 3 is 2.55 bits per heavy atom. The standard InChI is InChI=1S/C20H22N6O4S/c1-3-26-18(28)13-10-15(31-17(13)23-20(26)30)19(29)25-8-6-24(7-9-25)12-4-5-14(22-11-12)16(27)21-2/h4-5,10-11H,3,6-9H2,1-2H3,(H,21,27)(H,23,30). The summed E-state index contributed by atoms with van der Waals surface area (Å²) in [5.41, 5.74) is 0.392. The third kappa shape index (κ3) is 3.83. The maximum absolute atomic E-state index is 13.0. The molecule has 3 aromatic rings. The lowest BCUT2D eigenvalue weighted by Gasteiger charge is -2.35. The van der Waals surface area contributed by atoms with Gasteiger partial charge in [0.15, 0.2) is 0 Å². The number of aromatic amines is 1. The zero-order valence-electron chi connectivity index (χ0n) is 17.2. The Morgan fingerprint density at radius 2 is 1.94 bits per heavy atom. The van der Waals surface area contributed by atoms with Crippen LogP contribution in [0.4, 0.5) is 5.69 Å². The summed E-state index contributed by atoms with van der Waals surface area (Å²) in [6, 6.07) is 5.09. The first-order valence-corrected chi connectivity index (χ1v) is 10.7. The number of nitrogens with zero attached hydrogens (tertiary/aromatic N) is 4. The average Bonchev–Trinajstić information content (AvgIpc) is 3.23.